The first kappa shape index (κ1) is 26.8. The Morgan fingerprint density at radius 2 is 1.47 bits per heavy atom. The zero-order chi connectivity index (χ0) is 26.1. The highest BCUT2D eigenvalue weighted by atomic mass is 79.9. The largest absolute Gasteiger partial charge is 0.492 e. The van der Waals surface area contributed by atoms with E-state index in [0.717, 1.165) is 0 Å². The van der Waals surface area contributed by atoms with Gasteiger partial charge in [-0.1, -0.05) is 32.0 Å². The van der Waals surface area contributed by atoms with E-state index in [1.165, 1.54) is 0 Å². The van der Waals surface area contributed by atoms with Gasteiger partial charge in [-0.05, 0) is 88.7 Å². The van der Waals surface area contributed by atoms with Gasteiger partial charge in [0.15, 0.2) is 5.11 Å². The van der Waals surface area contributed by atoms with Crippen LogP contribution in [0, 0.1) is 5.92 Å². The molecule has 0 aliphatic rings. The molecule has 3 aromatic carbocycles. The smallest absolute Gasteiger partial charge is 0.269 e. The molecule has 0 saturated carbocycles. The Balaban J connectivity index is 1.48. The van der Waals surface area contributed by atoms with Gasteiger partial charge in [-0.2, -0.15) is 0 Å². The number of benzene rings is 3. The molecule has 0 saturated heterocycles. The Bertz CT molecular complexity index is 1250. The Kier molecular flexibility index (Phi) is 9.54. The summed E-state index contributed by atoms with van der Waals surface area (Å²) < 4.78 is 6.33. The lowest BCUT2D eigenvalue weighted by atomic mass is 10.1. The van der Waals surface area contributed by atoms with E-state index in [9.17, 15) is 14.4 Å². The molecule has 8 nitrogen and oxygen atoms in total. The van der Waals surface area contributed by atoms with Crippen molar-refractivity contribution in [3.8, 4) is 5.75 Å². The number of hydrazine groups is 1. The maximum atomic E-state index is 12.5. The third-order valence-electron chi connectivity index (χ3n) is 4.72. The number of hydrogen-bond acceptors (Lipinski definition) is 5. The minimum atomic E-state index is -0.470. The van der Waals surface area contributed by atoms with E-state index in [2.05, 4.69) is 37.4 Å². The number of anilines is 1. The zero-order valence-electron chi connectivity index (χ0n) is 19.6. The third kappa shape index (κ3) is 7.89. The van der Waals surface area contributed by atoms with Crippen LogP contribution in [0.5, 0.6) is 5.75 Å². The van der Waals surface area contributed by atoms with Crippen LogP contribution in [-0.2, 0) is 0 Å². The number of hydrogen-bond donors (Lipinski definition) is 4. The average molecular weight is 569 g/mol. The van der Waals surface area contributed by atoms with Crippen LogP contribution in [-0.4, -0.2) is 29.4 Å². The molecule has 186 valence electrons. The maximum absolute atomic E-state index is 12.5. The summed E-state index contributed by atoms with van der Waals surface area (Å²) >= 11 is 8.50. The first-order valence-electron chi connectivity index (χ1n) is 11.0. The van der Waals surface area contributed by atoms with Gasteiger partial charge in [-0.25, -0.2) is 0 Å². The fourth-order valence-corrected chi connectivity index (χ4v) is 3.54. The Labute approximate surface area is 222 Å². The van der Waals surface area contributed by atoms with Crippen LogP contribution in [0.4, 0.5) is 5.69 Å². The number of rotatable bonds is 7. The molecule has 0 spiro atoms. The van der Waals surface area contributed by atoms with Crippen molar-refractivity contribution in [2.24, 2.45) is 5.92 Å². The van der Waals surface area contributed by atoms with Gasteiger partial charge in [0, 0.05) is 22.4 Å². The number of carbonyl (C=O) groups is 3. The van der Waals surface area contributed by atoms with Crippen molar-refractivity contribution in [1.29, 1.82) is 0 Å². The number of ether oxygens (including phenoxy) is 1. The second-order valence-corrected chi connectivity index (χ2v) is 9.37. The van der Waals surface area contributed by atoms with Gasteiger partial charge in [0.05, 0.1) is 11.1 Å². The van der Waals surface area contributed by atoms with Crippen LogP contribution in [0.1, 0.15) is 44.9 Å². The van der Waals surface area contributed by atoms with E-state index in [-0.39, 0.29) is 11.0 Å². The summed E-state index contributed by atoms with van der Waals surface area (Å²) in [5.41, 5.74) is 6.70. The van der Waals surface area contributed by atoms with Gasteiger partial charge < -0.3 is 10.1 Å². The van der Waals surface area contributed by atoms with Gasteiger partial charge >= 0.3 is 0 Å². The lowest BCUT2D eigenvalue weighted by molar-refractivity contribution is 0.0934. The molecule has 0 aromatic heterocycles. The Morgan fingerprint density at radius 1 is 0.833 bits per heavy atom. The highest BCUT2D eigenvalue weighted by Gasteiger charge is 2.13. The predicted molar refractivity (Wildman–Crippen MR) is 146 cm³/mol. The van der Waals surface area contributed by atoms with E-state index in [0.29, 0.717) is 45.1 Å². The molecule has 3 amide bonds. The van der Waals surface area contributed by atoms with Crippen LogP contribution >= 0.6 is 28.1 Å². The SMILES string of the molecule is CC(C)COc1ccc(C(=O)NC(=S)NNC(=O)c2ccc(NC(=O)c3ccccc3)cc2)cc1Br. The van der Waals surface area contributed by atoms with Crippen molar-refractivity contribution in [2.75, 3.05) is 11.9 Å². The quantitative estimate of drug-likeness (QED) is 0.243. The molecule has 0 fully saturated rings. The van der Waals surface area contributed by atoms with Crippen LogP contribution in [0.2, 0.25) is 0 Å². The van der Waals surface area contributed by atoms with Crippen LogP contribution in [0.3, 0.4) is 0 Å². The molecule has 3 aromatic rings. The third-order valence-corrected chi connectivity index (χ3v) is 5.55. The van der Waals surface area contributed by atoms with Crippen LogP contribution < -0.4 is 26.2 Å². The standard InChI is InChI=1S/C26H25BrN4O4S/c1-16(2)15-35-22-13-10-19(14-21(22)27)24(33)29-26(36)31-30-25(34)18-8-11-20(12-9-18)28-23(32)17-6-4-3-5-7-17/h3-14,16H,15H2,1-2H3,(H,28,32)(H,30,34)(H2,29,31,33,36). The summed E-state index contributed by atoms with van der Waals surface area (Å²) in [6.45, 7) is 4.65. The number of nitrogens with one attached hydrogen (secondary N) is 4. The first-order valence-corrected chi connectivity index (χ1v) is 12.2. The van der Waals surface area contributed by atoms with Gasteiger partial charge in [-0.15, -0.1) is 0 Å². The Morgan fingerprint density at radius 3 is 2.11 bits per heavy atom. The predicted octanol–water partition coefficient (Wildman–Crippen LogP) is 4.69. The van der Waals surface area contributed by atoms with E-state index < -0.39 is 11.8 Å². The van der Waals surface area contributed by atoms with E-state index in [4.69, 9.17) is 17.0 Å². The molecule has 36 heavy (non-hydrogen) atoms. The normalized spacial score (nSPS) is 10.3. The van der Waals surface area contributed by atoms with E-state index in [1.807, 2.05) is 19.9 Å². The summed E-state index contributed by atoms with van der Waals surface area (Å²) in [6.07, 6.45) is 0. The summed E-state index contributed by atoms with van der Waals surface area (Å²) in [6, 6.07) is 20.1. The van der Waals surface area contributed by atoms with E-state index >= 15 is 0 Å². The van der Waals surface area contributed by atoms with Crippen molar-refractivity contribution in [3.63, 3.8) is 0 Å². The molecule has 0 unspecified atom stereocenters. The summed E-state index contributed by atoms with van der Waals surface area (Å²) in [4.78, 5) is 37.1. The van der Waals surface area contributed by atoms with Crippen molar-refractivity contribution in [2.45, 2.75) is 13.8 Å². The number of thiocarbonyl (C=S) groups is 1. The molecule has 0 bridgehead atoms. The highest BCUT2D eigenvalue weighted by molar-refractivity contribution is 9.10. The fraction of sp³-hybridized carbons (Fsp3) is 0.154. The minimum absolute atomic E-state index is 0.0728. The van der Waals surface area contributed by atoms with Gasteiger partial charge in [0.1, 0.15) is 5.75 Å². The number of halogens is 1. The second kappa shape index (κ2) is 12.8. The average Bonchev–Trinajstić information content (AvgIpc) is 2.87. The lowest BCUT2D eigenvalue weighted by Gasteiger charge is -2.13. The lowest BCUT2D eigenvalue weighted by Crippen LogP contribution is -2.48. The molecule has 0 heterocycles. The van der Waals surface area contributed by atoms with Crippen molar-refractivity contribution < 1.29 is 19.1 Å². The molecule has 3 rings (SSSR count). The molecular weight excluding hydrogens is 544 g/mol. The summed E-state index contributed by atoms with van der Waals surface area (Å²) in [7, 11) is 0. The molecule has 0 radical (unpaired) electrons. The minimum Gasteiger partial charge on any atom is -0.492 e. The summed E-state index contributed by atoms with van der Waals surface area (Å²) in [5.74, 6) is -0.158. The zero-order valence-corrected chi connectivity index (χ0v) is 22.0. The first-order chi connectivity index (χ1) is 17.2. The highest BCUT2D eigenvalue weighted by Crippen LogP contribution is 2.26. The second-order valence-electron chi connectivity index (χ2n) is 8.11. The molecule has 0 atom stereocenters. The van der Waals surface area contributed by atoms with Gasteiger partial charge in [-0.3, -0.25) is 30.6 Å². The van der Waals surface area contributed by atoms with Crippen LogP contribution in [0.15, 0.2) is 77.3 Å². The van der Waals surface area contributed by atoms with Crippen molar-refractivity contribution in [3.05, 3.63) is 94.0 Å². The maximum Gasteiger partial charge on any atom is 0.269 e. The van der Waals surface area contributed by atoms with E-state index in [1.54, 1.807) is 66.7 Å². The number of carbonyl (C=O) groups excluding carboxylic acids is 3. The van der Waals surface area contributed by atoms with Gasteiger partial charge in [0.2, 0.25) is 0 Å². The summed E-state index contributed by atoms with van der Waals surface area (Å²) in [5, 5.41) is 5.20. The van der Waals surface area contributed by atoms with Crippen molar-refractivity contribution in [1.82, 2.24) is 16.2 Å². The topological polar surface area (TPSA) is 109 Å². The fourth-order valence-electron chi connectivity index (χ4n) is 2.91. The molecule has 4 N–H and O–H groups in total. The van der Waals surface area contributed by atoms with Crippen molar-refractivity contribution >= 4 is 56.7 Å². The molecule has 0 aliphatic heterocycles. The Hall–Kier alpha value is -3.76. The van der Waals surface area contributed by atoms with Crippen LogP contribution in [0.25, 0.3) is 0 Å². The molecular formula is C26H25BrN4O4S. The molecule has 10 heteroatoms. The van der Waals surface area contributed by atoms with Gasteiger partial charge in [0.25, 0.3) is 17.7 Å². The number of amides is 3. The molecule has 0 aliphatic carbocycles. The monoisotopic (exact) mass is 568 g/mol.